The summed E-state index contributed by atoms with van der Waals surface area (Å²) in [6.07, 6.45) is 1.70. The minimum atomic E-state index is 0.0681. The van der Waals surface area contributed by atoms with Crippen LogP contribution in [0.4, 0.5) is 0 Å². The molecule has 112 valence electrons. The highest BCUT2D eigenvalue weighted by Gasteiger charge is 2.10. The molecule has 2 aromatic rings. The third-order valence-electron chi connectivity index (χ3n) is 3.19. The highest BCUT2D eigenvalue weighted by molar-refractivity contribution is 5.42. The molecule has 0 fully saturated rings. The van der Waals surface area contributed by atoms with Crippen molar-refractivity contribution in [1.29, 1.82) is 0 Å². The minimum absolute atomic E-state index is 0.0681. The second-order valence-corrected chi connectivity index (χ2v) is 4.57. The van der Waals surface area contributed by atoms with Crippen molar-refractivity contribution in [2.45, 2.75) is 19.7 Å². The van der Waals surface area contributed by atoms with Gasteiger partial charge >= 0.3 is 0 Å². The van der Waals surface area contributed by atoms with Gasteiger partial charge in [0.15, 0.2) is 11.5 Å². The van der Waals surface area contributed by atoms with E-state index in [4.69, 9.17) is 14.6 Å². The molecule has 0 saturated heterocycles. The molecule has 0 radical (unpaired) electrons. The molecule has 2 N–H and O–H groups in total. The van der Waals surface area contributed by atoms with Crippen LogP contribution in [0.15, 0.2) is 36.5 Å². The van der Waals surface area contributed by atoms with Gasteiger partial charge in [0.05, 0.1) is 26.5 Å². The van der Waals surface area contributed by atoms with E-state index >= 15 is 0 Å². The van der Waals surface area contributed by atoms with Gasteiger partial charge in [-0.1, -0.05) is 24.3 Å². The third kappa shape index (κ3) is 3.93. The highest BCUT2D eigenvalue weighted by Crippen LogP contribution is 2.28. The number of nitrogens with zero attached hydrogens (tertiary/aromatic N) is 1. The van der Waals surface area contributed by atoms with Crippen molar-refractivity contribution < 1.29 is 14.6 Å². The Bertz CT molecular complexity index is 570. The molecule has 0 atom stereocenters. The summed E-state index contributed by atoms with van der Waals surface area (Å²) in [6.45, 7) is 1.37. The molecule has 0 amide bonds. The molecule has 0 aliphatic carbocycles. The first kappa shape index (κ1) is 15.3. The molecule has 1 heterocycles. The number of pyridine rings is 1. The van der Waals surface area contributed by atoms with Gasteiger partial charge in [0.25, 0.3) is 0 Å². The third-order valence-corrected chi connectivity index (χ3v) is 3.19. The maximum atomic E-state index is 9.01. The van der Waals surface area contributed by atoms with Gasteiger partial charge in [-0.05, 0) is 11.1 Å². The summed E-state index contributed by atoms with van der Waals surface area (Å²) in [4.78, 5) is 4.32. The van der Waals surface area contributed by atoms with Gasteiger partial charge in [0.2, 0.25) is 0 Å². The Balaban J connectivity index is 1.96. The molecule has 0 aliphatic heterocycles. The van der Waals surface area contributed by atoms with E-state index < -0.39 is 0 Å². The van der Waals surface area contributed by atoms with Crippen LogP contribution in [0.5, 0.6) is 11.5 Å². The van der Waals surface area contributed by atoms with Gasteiger partial charge < -0.3 is 19.9 Å². The fourth-order valence-corrected chi connectivity index (χ4v) is 2.06. The molecule has 5 nitrogen and oxygen atoms in total. The van der Waals surface area contributed by atoms with Crippen LogP contribution in [-0.4, -0.2) is 24.3 Å². The van der Waals surface area contributed by atoms with Crippen LogP contribution in [0.25, 0.3) is 0 Å². The number of ether oxygens (including phenoxy) is 2. The largest absolute Gasteiger partial charge is 0.493 e. The summed E-state index contributed by atoms with van der Waals surface area (Å²) >= 11 is 0. The van der Waals surface area contributed by atoms with Crippen molar-refractivity contribution in [3.8, 4) is 11.5 Å². The van der Waals surface area contributed by atoms with Crippen molar-refractivity contribution in [1.82, 2.24) is 10.3 Å². The van der Waals surface area contributed by atoms with Crippen LogP contribution in [0.3, 0.4) is 0 Å². The monoisotopic (exact) mass is 288 g/mol. The summed E-state index contributed by atoms with van der Waals surface area (Å²) in [5.41, 5.74) is 2.87. The van der Waals surface area contributed by atoms with E-state index in [-0.39, 0.29) is 6.61 Å². The molecule has 1 aromatic carbocycles. The number of benzene rings is 1. The number of aromatic nitrogens is 1. The lowest BCUT2D eigenvalue weighted by Gasteiger charge is -2.12. The molecule has 0 aliphatic rings. The van der Waals surface area contributed by atoms with Crippen LogP contribution in [0.2, 0.25) is 0 Å². The predicted octanol–water partition coefficient (Wildman–Crippen LogP) is 1.88. The second kappa shape index (κ2) is 7.61. The van der Waals surface area contributed by atoms with Gasteiger partial charge in [-0.25, -0.2) is 0 Å². The molecule has 0 unspecified atom stereocenters. The Morgan fingerprint density at radius 1 is 1.00 bits per heavy atom. The topological polar surface area (TPSA) is 63.6 Å². The van der Waals surface area contributed by atoms with Crippen molar-refractivity contribution in [3.63, 3.8) is 0 Å². The number of aliphatic hydroxyl groups is 1. The van der Waals surface area contributed by atoms with E-state index in [9.17, 15) is 0 Å². The Labute approximate surface area is 124 Å². The van der Waals surface area contributed by atoms with Crippen LogP contribution in [0, 0.1) is 0 Å². The van der Waals surface area contributed by atoms with Crippen LogP contribution in [0.1, 0.15) is 16.8 Å². The smallest absolute Gasteiger partial charge is 0.183 e. The summed E-state index contributed by atoms with van der Waals surface area (Å²) in [7, 11) is 3.22. The van der Waals surface area contributed by atoms with Crippen molar-refractivity contribution >= 4 is 0 Å². The average Bonchev–Trinajstić information content (AvgIpc) is 2.55. The maximum absolute atomic E-state index is 9.01. The first-order valence-electron chi connectivity index (χ1n) is 6.73. The highest BCUT2D eigenvalue weighted by atomic mass is 16.5. The fraction of sp³-hybridized carbons (Fsp3) is 0.312. The summed E-state index contributed by atoms with van der Waals surface area (Å²) in [6, 6.07) is 9.60. The van der Waals surface area contributed by atoms with Gasteiger partial charge in [0.1, 0.15) is 0 Å². The predicted molar refractivity (Wildman–Crippen MR) is 80.2 cm³/mol. The fourth-order valence-electron chi connectivity index (χ4n) is 2.06. The average molecular weight is 288 g/mol. The van der Waals surface area contributed by atoms with E-state index in [0.29, 0.717) is 24.6 Å². The van der Waals surface area contributed by atoms with E-state index in [1.165, 1.54) is 0 Å². The van der Waals surface area contributed by atoms with Crippen LogP contribution >= 0.6 is 0 Å². The number of aliphatic hydroxyl groups excluding tert-OH is 1. The van der Waals surface area contributed by atoms with E-state index in [0.717, 1.165) is 16.8 Å². The van der Waals surface area contributed by atoms with Gasteiger partial charge in [-0.2, -0.15) is 0 Å². The normalized spacial score (nSPS) is 10.4. The van der Waals surface area contributed by atoms with Crippen molar-refractivity contribution in [2.75, 3.05) is 14.2 Å². The second-order valence-electron chi connectivity index (χ2n) is 4.57. The molecule has 21 heavy (non-hydrogen) atoms. The Morgan fingerprint density at radius 3 is 2.33 bits per heavy atom. The molecular formula is C16H20N2O3. The number of hydrogen-bond donors (Lipinski definition) is 2. The summed E-state index contributed by atoms with van der Waals surface area (Å²) < 4.78 is 10.6. The first-order valence-corrected chi connectivity index (χ1v) is 6.73. The van der Waals surface area contributed by atoms with E-state index in [1.807, 2.05) is 24.3 Å². The summed E-state index contributed by atoms with van der Waals surface area (Å²) in [5, 5.41) is 12.3. The number of hydrogen-bond acceptors (Lipinski definition) is 5. The number of rotatable bonds is 7. The molecule has 5 heteroatoms. The zero-order valence-electron chi connectivity index (χ0n) is 12.3. The Hall–Kier alpha value is -2.11. The Kier molecular flexibility index (Phi) is 5.54. The quantitative estimate of drug-likeness (QED) is 0.814. The lowest BCUT2D eigenvalue weighted by molar-refractivity contribution is 0.282. The van der Waals surface area contributed by atoms with Gasteiger partial charge in [-0.15, -0.1) is 0 Å². The molecule has 0 bridgehead atoms. The minimum Gasteiger partial charge on any atom is -0.493 e. The number of nitrogens with one attached hydrogen (secondary N) is 1. The lowest BCUT2D eigenvalue weighted by atomic mass is 10.1. The Morgan fingerprint density at radius 2 is 1.71 bits per heavy atom. The molecule has 2 rings (SSSR count). The van der Waals surface area contributed by atoms with Gasteiger partial charge in [-0.3, -0.25) is 4.98 Å². The molecular weight excluding hydrogens is 268 g/mol. The SMILES string of the molecule is COc1ccnc(CNCc2ccc(CO)cc2)c1OC. The summed E-state index contributed by atoms with van der Waals surface area (Å²) in [5.74, 6) is 1.33. The lowest BCUT2D eigenvalue weighted by Crippen LogP contribution is -2.14. The van der Waals surface area contributed by atoms with E-state index in [1.54, 1.807) is 26.5 Å². The number of methoxy groups -OCH3 is 2. The van der Waals surface area contributed by atoms with Crippen molar-refractivity contribution in [3.05, 3.63) is 53.3 Å². The zero-order chi connectivity index (χ0) is 15.1. The van der Waals surface area contributed by atoms with Crippen LogP contribution in [-0.2, 0) is 19.7 Å². The van der Waals surface area contributed by atoms with Crippen LogP contribution < -0.4 is 14.8 Å². The molecule has 0 saturated carbocycles. The molecule has 1 aromatic heterocycles. The maximum Gasteiger partial charge on any atom is 0.183 e. The molecule has 0 spiro atoms. The van der Waals surface area contributed by atoms with Crippen molar-refractivity contribution in [2.24, 2.45) is 0 Å². The van der Waals surface area contributed by atoms with E-state index in [2.05, 4.69) is 10.3 Å². The van der Waals surface area contributed by atoms with Gasteiger partial charge in [0, 0.05) is 25.4 Å². The zero-order valence-corrected chi connectivity index (χ0v) is 12.3. The standard InChI is InChI=1S/C16H20N2O3/c1-20-15-7-8-18-14(16(15)21-2)10-17-9-12-3-5-13(11-19)6-4-12/h3-8,17,19H,9-11H2,1-2H3. The first-order chi connectivity index (χ1) is 10.3.